The van der Waals surface area contributed by atoms with Gasteiger partial charge in [-0.05, 0) is 36.4 Å². The van der Waals surface area contributed by atoms with Gasteiger partial charge in [-0.2, -0.15) is 0 Å². The number of rotatable bonds is 5. The second-order valence-electron chi connectivity index (χ2n) is 4.99. The first-order valence-corrected chi connectivity index (χ1v) is 9.78. The monoisotopic (exact) mass is 399 g/mol. The molecule has 0 aliphatic carbocycles. The van der Waals surface area contributed by atoms with Gasteiger partial charge in [0.05, 0.1) is 9.60 Å². The summed E-state index contributed by atoms with van der Waals surface area (Å²) in [4.78, 5) is 15.9. The zero-order chi connectivity index (χ0) is 18.0. The highest BCUT2D eigenvalue weighted by Gasteiger charge is 2.19. The first-order chi connectivity index (χ1) is 11.8. The van der Waals surface area contributed by atoms with Crippen molar-refractivity contribution in [3.63, 3.8) is 0 Å². The number of aromatic nitrogens is 1. The fourth-order valence-corrected chi connectivity index (χ4v) is 4.12. The van der Waals surface area contributed by atoms with Crippen molar-refractivity contribution in [2.24, 2.45) is 0 Å². The van der Waals surface area contributed by atoms with E-state index in [1.807, 2.05) is 0 Å². The number of fused-ring (bicyclic) bond motifs is 1. The number of benzene rings is 2. The van der Waals surface area contributed by atoms with Gasteiger partial charge in [0.2, 0.25) is 5.13 Å². The molecule has 0 radical (unpaired) electrons. The summed E-state index contributed by atoms with van der Waals surface area (Å²) in [7, 11) is -3.80. The Bertz CT molecular complexity index is 1040. The minimum absolute atomic E-state index is 0.00546. The van der Waals surface area contributed by atoms with Crippen molar-refractivity contribution in [3.05, 3.63) is 53.3 Å². The summed E-state index contributed by atoms with van der Waals surface area (Å²) in [5.41, 5.74) is 4.93. The quantitative estimate of drug-likeness (QED) is 0.644. The molecule has 0 aliphatic rings. The lowest BCUT2D eigenvalue weighted by Crippen LogP contribution is -2.34. The van der Waals surface area contributed by atoms with E-state index in [2.05, 4.69) is 15.8 Å². The number of carbonyl (C=O) groups is 1. The van der Waals surface area contributed by atoms with Crippen LogP contribution in [-0.2, 0) is 14.6 Å². The molecule has 0 saturated heterocycles. The van der Waals surface area contributed by atoms with Crippen LogP contribution in [0.1, 0.15) is 0 Å². The highest BCUT2D eigenvalue weighted by atomic mass is 35.5. The number of nitrogens with zero attached hydrogens (tertiary/aromatic N) is 1. The van der Waals surface area contributed by atoms with Crippen LogP contribution in [0, 0.1) is 5.82 Å². The number of carbonyl (C=O) groups excluding carboxylic acids is 1. The van der Waals surface area contributed by atoms with Crippen LogP contribution in [0.4, 0.5) is 9.52 Å². The zero-order valence-corrected chi connectivity index (χ0v) is 14.9. The van der Waals surface area contributed by atoms with E-state index >= 15 is 0 Å². The molecular formula is C15H11ClFN3O3S2. The normalized spacial score (nSPS) is 11.4. The van der Waals surface area contributed by atoms with Crippen molar-refractivity contribution in [2.75, 3.05) is 11.2 Å². The molecule has 0 bridgehead atoms. The zero-order valence-electron chi connectivity index (χ0n) is 12.5. The van der Waals surface area contributed by atoms with Crippen LogP contribution < -0.4 is 10.9 Å². The highest BCUT2D eigenvalue weighted by molar-refractivity contribution is 7.92. The van der Waals surface area contributed by atoms with E-state index in [0.717, 1.165) is 11.3 Å². The fourth-order valence-electron chi connectivity index (χ4n) is 2.03. The SMILES string of the molecule is O=C(CS(=O)(=O)c1ccc(Cl)cc1)NNc1nc2c(F)cccc2s1. The predicted octanol–water partition coefficient (Wildman–Crippen LogP) is 3.01. The van der Waals surface area contributed by atoms with Crippen molar-refractivity contribution in [1.29, 1.82) is 0 Å². The largest absolute Gasteiger partial charge is 0.273 e. The van der Waals surface area contributed by atoms with Crippen molar-refractivity contribution in [3.8, 4) is 0 Å². The summed E-state index contributed by atoms with van der Waals surface area (Å²) in [6.45, 7) is 0. The maximum Gasteiger partial charge on any atom is 0.253 e. The Hall–Kier alpha value is -2.23. The van der Waals surface area contributed by atoms with Crippen LogP contribution in [0.2, 0.25) is 5.02 Å². The first kappa shape index (κ1) is 17.6. The molecule has 0 fully saturated rings. The standard InChI is InChI=1S/C15H11ClFN3O3S2/c16-9-4-6-10(7-5-9)25(22,23)8-13(21)19-20-15-18-14-11(17)2-1-3-12(14)24-15/h1-7H,8H2,(H,18,20)(H,19,21). The molecular weight excluding hydrogens is 389 g/mol. The second-order valence-corrected chi connectivity index (χ2v) is 8.45. The Morgan fingerprint density at radius 3 is 2.60 bits per heavy atom. The van der Waals surface area contributed by atoms with Crippen LogP contribution in [0.25, 0.3) is 10.2 Å². The second kappa shape index (κ2) is 6.95. The van der Waals surface area contributed by atoms with E-state index in [4.69, 9.17) is 11.6 Å². The fraction of sp³-hybridized carbons (Fsp3) is 0.0667. The molecule has 3 rings (SSSR count). The number of amides is 1. The number of para-hydroxylation sites is 1. The van der Waals surface area contributed by atoms with Gasteiger partial charge in [0.1, 0.15) is 17.1 Å². The molecule has 0 saturated carbocycles. The molecule has 2 N–H and O–H groups in total. The summed E-state index contributed by atoms with van der Waals surface area (Å²) in [6, 6.07) is 10.0. The van der Waals surface area contributed by atoms with Crippen LogP contribution >= 0.6 is 22.9 Å². The Morgan fingerprint density at radius 2 is 1.92 bits per heavy atom. The van der Waals surface area contributed by atoms with Gasteiger partial charge in [0, 0.05) is 5.02 Å². The van der Waals surface area contributed by atoms with Gasteiger partial charge in [-0.25, -0.2) is 17.8 Å². The summed E-state index contributed by atoms with van der Waals surface area (Å²) in [6.07, 6.45) is 0. The minimum atomic E-state index is -3.80. The molecule has 0 unspecified atom stereocenters. The predicted molar refractivity (Wildman–Crippen MR) is 94.8 cm³/mol. The molecule has 10 heteroatoms. The minimum Gasteiger partial charge on any atom is -0.273 e. The van der Waals surface area contributed by atoms with Crippen molar-refractivity contribution < 1.29 is 17.6 Å². The third kappa shape index (κ3) is 4.06. The van der Waals surface area contributed by atoms with Crippen LogP contribution in [-0.4, -0.2) is 25.1 Å². The van der Waals surface area contributed by atoms with E-state index in [-0.39, 0.29) is 15.5 Å². The number of sulfone groups is 1. The Labute approximate surface area is 151 Å². The molecule has 1 aromatic heterocycles. The summed E-state index contributed by atoms with van der Waals surface area (Å²) in [5, 5.41) is 0.644. The van der Waals surface area contributed by atoms with Crippen LogP contribution in [0.5, 0.6) is 0 Å². The van der Waals surface area contributed by atoms with Crippen molar-refractivity contribution in [2.45, 2.75) is 4.90 Å². The molecule has 3 aromatic rings. The molecule has 0 aliphatic heterocycles. The molecule has 130 valence electrons. The Morgan fingerprint density at radius 1 is 1.20 bits per heavy atom. The number of anilines is 1. The van der Waals surface area contributed by atoms with Gasteiger partial charge in [0.15, 0.2) is 9.84 Å². The molecule has 6 nitrogen and oxygen atoms in total. The van der Waals surface area contributed by atoms with Gasteiger partial charge in [-0.15, -0.1) is 0 Å². The lowest BCUT2D eigenvalue weighted by Gasteiger charge is -2.06. The smallest absolute Gasteiger partial charge is 0.253 e. The average Bonchev–Trinajstić information content (AvgIpc) is 2.97. The van der Waals surface area contributed by atoms with E-state index in [1.165, 1.54) is 30.3 Å². The average molecular weight is 400 g/mol. The van der Waals surface area contributed by atoms with E-state index < -0.39 is 27.3 Å². The highest BCUT2D eigenvalue weighted by Crippen LogP contribution is 2.26. The van der Waals surface area contributed by atoms with Gasteiger partial charge in [-0.1, -0.05) is 29.0 Å². The molecule has 25 heavy (non-hydrogen) atoms. The number of hydrogen-bond acceptors (Lipinski definition) is 6. The summed E-state index contributed by atoms with van der Waals surface area (Å²) >= 11 is 6.84. The Balaban J connectivity index is 1.65. The first-order valence-electron chi connectivity index (χ1n) is 6.93. The maximum atomic E-state index is 13.6. The van der Waals surface area contributed by atoms with Crippen LogP contribution in [0.15, 0.2) is 47.4 Å². The third-order valence-electron chi connectivity index (χ3n) is 3.17. The van der Waals surface area contributed by atoms with Crippen molar-refractivity contribution >= 4 is 54.0 Å². The summed E-state index contributed by atoms with van der Waals surface area (Å²) < 4.78 is 38.5. The van der Waals surface area contributed by atoms with Crippen LogP contribution in [0.3, 0.4) is 0 Å². The maximum absolute atomic E-state index is 13.6. The number of hydrazine groups is 1. The van der Waals surface area contributed by atoms with Gasteiger partial charge in [-0.3, -0.25) is 15.6 Å². The number of halogens is 2. The topological polar surface area (TPSA) is 88.2 Å². The number of hydrogen-bond donors (Lipinski definition) is 2. The molecule has 1 heterocycles. The third-order valence-corrected chi connectivity index (χ3v) is 5.99. The van der Waals surface area contributed by atoms with E-state index in [0.29, 0.717) is 9.72 Å². The lowest BCUT2D eigenvalue weighted by molar-refractivity contribution is -0.118. The van der Waals surface area contributed by atoms with Gasteiger partial charge in [0.25, 0.3) is 5.91 Å². The Kier molecular flexibility index (Phi) is 4.89. The lowest BCUT2D eigenvalue weighted by atomic mass is 10.3. The van der Waals surface area contributed by atoms with Crippen molar-refractivity contribution in [1.82, 2.24) is 10.4 Å². The molecule has 0 atom stereocenters. The number of nitrogens with one attached hydrogen (secondary N) is 2. The summed E-state index contributed by atoms with van der Waals surface area (Å²) in [5.74, 6) is -1.99. The molecule has 2 aromatic carbocycles. The van der Waals surface area contributed by atoms with E-state index in [1.54, 1.807) is 12.1 Å². The van der Waals surface area contributed by atoms with Gasteiger partial charge < -0.3 is 0 Å². The van der Waals surface area contributed by atoms with Gasteiger partial charge >= 0.3 is 0 Å². The molecule has 1 amide bonds. The molecule has 0 spiro atoms. The van der Waals surface area contributed by atoms with E-state index in [9.17, 15) is 17.6 Å². The number of thiazole rings is 1.